The Hall–Kier alpha value is 0.369. The molecule has 4 aliphatic rings. The molecule has 2 aromatic rings. The van der Waals surface area contributed by atoms with Gasteiger partial charge in [0.2, 0.25) is 0 Å². The molecule has 38 heavy (non-hydrogen) atoms. The first kappa shape index (κ1) is 31.3. The van der Waals surface area contributed by atoms with E-state index in [1.54, 1.807) is 5.30 Å². The van der Waals surface area contributed by atoms with Crippen LogP contribution in [-0.4, -0.2) is 22.6 Å². The summed E-state index contributed by atoms with van der Waals surface area (Å²) in [6, 6.07) is 16.0. The van der Waals surface area contributed by atoms with E-state index in [2.05, 4.69) is 42.5 Å². The van der Waals surface area contributed by atoms with Gasteiger partial charge in [-0.25, -0.2) is 12.1 Å². The van der Waals surface area contributed by atoms with Crippen LogP contribution < -0.4 is 10.6 Å². The Labute approximate surface area is 252 Å². The maximum Gasteiger partial charge on any atom is 2.00 e. The summed E-state index contributed by atoms with van der Waals surface area (Å²) < 4.78 is 0. The fourth-order valence-electron chi connectivity index (χ4n) is 7.98. The number of hydrogen-bond acceptors (Lipinski definition) is 0. The Bertz CT molecular complexity index is 832. The topological polar surface area (TPSA) is 0 Å². The molecule has 0 saturated heterocycles. The van der Waals surface area contributed by atoms with Crippen molar-refractivity contribution in [1.29, 1.82) is 0 Å². The third kappa shape index (κ3) is 8.45. The van der Waals surface area contributed by atoms with Gasteiger partial charge in [-0.2, -0.15) is 41.9 Å². The molecule has 0 nitrogen and oxygen atoms in total. The van der Waals surface area contributed by atoms with Crippen LogP contribution in [0.3, 0.4) is 0 Å². The second-order valence-electron chi connectivity index (χ2n) is 12.4. The van der Waals surface area contributed by atoms with E-state index in [-0.39, 0.29) is 32.9 Å². The molecule has 2 aromatic carbocycles. The van der Waals surface area contributed by atoms with Gasteiger partial charge in [-0.05, 0) is 74.0 Å². The zero-order chi connectivity index (χ0) is 25.3. The summed E-state index contributed by atoms with van der Waals surface area (Å²) in [5.74, 6) is 0. The van der Waals surface area contributed by atoms with Crippen molar-refractivity contribution >= 4 is 38.1 Å². The van der Waals surface area contributed by atoms with Crippen LogP contribution >= 0.6 is 27.4 Å². The Morgan fingerprint density at radius 2 is 0.947 bits per heavy atom. The van der Waals surface area contributed by atoms with Gasteiger partial charge in [0.15, 0.2) is 0 Å². The molecular formula is C34H51ClFeP2. The molecule has 4 fully saturated rings. The van der Waals surface area contributed by atoms with Crippen molar-refractivity contribution in [2.75, 3.05) is 0 Å². The first-order valence-electron chi connectivity index (χ1n) is 16.0. The first-order valence-corrected chi connectivity index (χ1v) is 19.3. The molecule has 0 N–H and O–H groups in total. The molecule has 0 atom stereocenters. The van der Waals surface area contributed by atoms with E-state index in [1.165, 1.54) is 134 Å². The van der Waals surface area contributed by atoms with Crippen molar-refractivity contribution < 1.29 is 17.1 Å². The predicted octanol–water partition coefficient (Wildman–Crippen LogP) is 11.0. The Morgan fingerprint density at radius 1 is 0.526 bits per heavy atom. The van der Waals surface area contributed by atoms with Gasteiger partial charge in [-0.3, -0.25) is 0 Å². The van der Waals surface area contributed by atoms with Gasteiger partial charge in [0.25, 0.3) is 0 Å². The molecule has 4 heteroatoms. The van der Waals surface area contributed by atoms with Crippen LogP contribution in [-0.2, 0) is 17.1 Å². The minimum absolute atomic E-state index is 0. The maximum atomic E-state index is 6.49. The van der Waals surface area contributed by atoms with Crippen molar-refractivity contribution in [3.8, 4) is 0 Å². The summed E-state index contributed by atoms with van der Waals surface area (Å²) in [4.78, 5) is 0. The average Bonchev–Trinajstić information content (AvgIpc) is 3.65. The van der Waals surface area contributed by atoms with E-state index in [0.717, 1.165) is 27.7 Å². The van der Waals surface area contributed by atoms with Crippen molar-refractivity contribution in [2.45, 2.75) is 151 Å². The molecule has 4 aliphatic carbocycles. The van der Waals surface area contributed by atoms with Crippen LogP contribution in [0, 0.1) is 0 Å². The normalized spacial score (nSPS) is 22.7. The van der Waals surface area contributed by atoms with Gasteiger partial charge >= 0.3 is 17.1 Å². The molecular weight excluding hydrogens is 562 g/mol. The molecule has 0 amide bonds. The van der Waals surface area contributed by atoms with Gasteiger partial charge in [0, 0.05) is 0 Å². The minimum atomic E-state index is -0.00784. The van der Waals surface area contributed by atoms with E-state index in [4.69, 9.17) is 11.6 Å². The fourth-order valence-corrected chi connectivity index (χ4v) is 16.0. The largest absolute Gasteiger partial charge is 2.00 e. The summed E-state index contributed by atoms with van der Waals surface area (Å²) in [5, 5.41) is 4.32. The van der Waals surface area contributed by atoms with Crippen LogP contribution in [0.1, 0.15) is 128 Å². The van der Waals surface area contributed by atoms with E-state index in [0.29, 0.717) is 0 Å². The van der Waals surface area contributed by atoms with Crippen molar-refractivity contribution in [2.24, 2.45) is 0 Å². The van der Waals surface area contributed by atoms with Crippen molar-refractivity contribution in [3.63, 3.8) is 0 Å². The van der Waals surface area contributed by atoms with Crippen molar-refractivity contribution in [3.05, 3.63) is 47.5 Å². The Balaban J connectivity index is 0.000000173. The monoisotopic (exact) mass is 612 g/mol. The summed E-state index contributed by atoms with van der Waals surface area (Å²) in [6.07, 6.45) is 29.6. The Kier molecular flexibility index (Phi) is 13.8. The fraction of sp³-hybridized carbons (Fsp3) is 0.706. The third-order valence-corrected chi connectivity index (χ3v) is 17.3. The Morgan fingerprint density at radius 3 is 1.29 bits per heavy atom. The van der Waals surface area contributed by atoms with E-state index < -0.39 is 0 Å². The molecule has 4 saturated carbocycles. The predicted molar refractivity (Wildman–Crippen MR) is 170 cm³/mol. The molecule has 0 radical (unpaired) electrons. The molecule has 0 bridgehead atoms. The average molecular weight is 613 g/mol. The molecule has 6 rings (SSSR count). The summed E-state index contributed by atoms with van der Waals surface area (Å²) in [6.45, 7) is 0. The van der Waals surface area contributed by atoms with Gasteiger partial charge in [-0.15, -0.1) is 15.6 Å². The van der Waals surface area contributed by atoms with Crippen LogP contribution in [0.15, 0.2) is 42.5 Å². The second kappa shape index (κ2) is 16.7. The zero-order valence-corrected chi connectivity index (χ0v) is 27.3. The molecule has 0 heterocycles. The quantitative estimate of drug-likeness (QED) is 0.173. The second-order valence-corrected chi connectivity index (χ2v) is 18.3. The van der Waals surface area contributed by atoms with Gasteiger partial charge in [-0.1, -0.05) is 92.9 Å². The molecule has 212 valence electrons. The zero-order valence-electron chi connectivity index (χ0n) is 23.6. The number of hydrogen-bond donors (Lipinski definition) is 0. The molecule has 0 spiro atoms. The third-order valence-electron chi connectivity index (χ3n) is 9.84. The molecule has 0 aliphatic heterocycles. The van der Waals surface area contributed by atoms with E-state index >= 15 is 0 Å². The van der Waals surface area contributed by atoms with Crippen molar-refractivity contribution in [1.82, 2.24) is 0 Å². The number of rotatable bonds is 6. The first-order chi connectivity index (χ1) is 18.3. The van der Waals surface area contributed by atoms with E-state index in [9.17, 15) is 0 Å². The SMILES string of the molecule is Clc1cc[cH-]c1P(C1CCCCC1)C1CCCCC1.[Fe+2].c1c[cH-]c(P(C2CCCCC2)C2CCCCC2)c1. The summed E-state index contributed by atoms with van der Waals surface area (Å²) in [7, 11) is 0.137. The smallest absolute Gasteiger partial charge is 0.213 e. The standard InChI is InChI=1S/C17H25ClP.C17H26P.Fe/c18-16-12-7-13-17(16)19(14-8-3-1-4-9-14)15-10-5-2-6-11-15;1-3-9-15(10-4-1)18(17-13-7-8-14-17)16-11-5-2-6-12-16;/h7,12-15H,1-6,8-11H2;7-8,13-16H,1-6,9-12H2;/q2*-1;+2. The minimum Gasteiger partial charge on any atom is -0.213 e. The van der Waals surface area contributed by atoms with Gasteiger partial charge < -0.3 is 0 Å². The maximum absolute atomic E-state index is 6.49. The van der Waals surface area contributed by atoms with E-state index in [1.807, 2.05) is 0 Å². The van der Waals surface area contributed by atoms with Crippen LogP contribution in [0.2, 0.25) is 5.02 Å². The van der Waals surface area contributed by atoms with Gasteiger partial charge in [0.05, 0.1) is 0 Å². The summed E-state index contributed by atoms with van der Waals surface area (Å²) in [5.41, 5.74) is 4.04. The number of halogens is 1. The van der Waals surface area contributed by atoms with Crippen LogP contribution in [0.25, 0.3) is 0 Å². The summed E-state index contributed by atoms with van der Waals surface area (Å²) >= 11 is 6.49. The van der Waals surface area contributed by atoms with Crippen LogP contribution in [0.5, 0.6) is 0 Å². The van der Waals surface area contributed by atoms with Crippen LogP contribution in [0.4, 0.5) is 0 Å². The van der Waals surface area contributed by atoms with Gasteiger partial charge in [0.1, 0.15) is 0 Å². The molecule has 0 unspecified atom stereocenters. The molecule has 0 aromatic heterocycles.